The van der Waals surface area contributed by atoms with Crippen LogP contribution in [-0.2, 0) is 17.8 Å². The molecular weight excluding hydrogens is 240 g/mol. The van der Waals surface area contributed by atoms with Gasteiger partial charge in [-0.3, -0.25) is 0 Å². The molecule has 0 heterocycles. The van der Waals surface area contributed by atoms with E-state index in [-0.39, 0.29) is 0 Å². The van der Waals surface area contributed by atoms with E-state index < -0.39 is 11.7 Å². The monoisotopic (exact) mass is 266 g/mol. The molecule has 3 N–H and O–H groups in total. The number of nitrogens with two attached hydrogens (primary N) is 1. The smallest absolute Gasteiger partial charge is 0.407 e. The van der Waals surface area contributed by atoms with Crippen molar-refractivity contribution in [1.82, 2.24) is 5.32 Å². The van der Waals surface area contributed by atoms with Gasteiger partial charge in [-0.25, -0.2) is 4.79 Å². The molecule has 4 nitrogen and oxygen atoms in total. The Kier molecular flexibility index (Phi) is 7.84. The van der Waals surface area contributed by atoms with E-state index in [1.807, 2.05) is 58.9 Å². The molecule has 0 saturated carbocycles. The maximum atomic E-state index is 11.4. The lowest BCUT2D eigenvalue weighted by atomic mass is 10.1. The van der Waals surface area contributed by atoms with Crippen molar-refractivity contribution < 1.29 is 9.53 Å². The summed E-state index contributed by atoms with van der Waals surface area (Å²) in [6, 6.07) is 7.79. The van der Waals surface area contributed by atoms with Gasteiger partial charge < -0.3 is 15.8 Å². The average Bonchev–Trinajstić information content (AvgIpc) is 2.37. The normalized spacial score (nSPS) is 10.2. The summed E-state index contributed by atoms with van der Waals surface area (Å²) >= 11 is 0. The Morgan fingerprint density at radius 2 is 1.63 bits per heavy atom. The van der Waals surface area contributed by atoms with Gasteiger partial charge in [0.05, 0.1) is 0 Å². The van der Waals surface area contributed by atoms with Gasteiger partial charge in [-0.05, 0) is 31.9 Å². The van der Waals surface area contributed by atoms with Gasteiger partial charge in [0.15, 0.2) is 0 Å². The highest BCUT2D eigenvalue weighted by atomic mass is 16.6. The third kappa shape index (κ3) is 8.21. The first-order chi connectivity index (χ1) is 8.90. The minimum atomic E-state index is -0.465. The average molecular weight is 266 g/mol. The quantitative estimate of drug-likeness (QED) is 0.883. The minimum Gasteiger partial charge on any atom is -0.444 e. The van der Waals surface area contributed by atoms with Gasteiger partial charge >= 0.3 is 6.09 Å². The third-order valence-electron chi connectivity index (χ3n) is 2.09. The SMILES string of the molecule is CC.CC(C)(C)OC(=O)NCc1ccc(CN)cc1. The molecule has 4 heteroatoms. The number of rotatable bonds is 3. The van der Waals surface area contributed by atoms with E-state index in [9.17, 15) is 4.79 Å². The van der Waals surface area contributed by atoms with Crippen LogP contribution in [0.5, 0.6) is 0 Å². The molecule has 19 heavy (non-hydrogen) atoms. The van der Waals surface area contributed by atoms with Crippen LogP contribution in [0, 0.1) is 0 Å². The van der Waals surface area contributed by atoms with E-state index >= 15 is 0 Å². The maximum absolute atomic E-state index is 11.4. The zero-order valence-electron chi connectivity index (χ0n) is 12.6. The standard InChI is InChI=1S/C13H20N2O2.C2H6/c1-13(2,3)17-12(16)15-9-11-6-4-10(8-14)5-7-11;1-2/h4-7H,8-9,14H2,1-3H3,(H,15,16);1-2H3. The second-order valence-electron chi connectivity index (χ2n) is 4.88. The van der Waals surface area contributed by atoms with Crippen LogP contribution >= 0.6 is 0 Å². The lowest BCUT2D eigenvalue weighted by molar-refractivity contribution is 0.0523. The van der Waals surface area contributed by atoms with E-state index in [2.05, 4.69) is 5.32 Å². The van der Waals surface area contributed by atoms with Gasteiger partial charge in [0.25, 0.3) is 0 Å². The molecule has 1 aromatic carbocycles. The molecule has 0 unspecified atom stereocenters. The van der Waals surface area contributed by atoms with E-state index in [1.54, 1.807) is 0 Å². The molecule has 0 bridgehead atoms. The highest BCUT2D eigenvalue weighted by molar-refractivity contribution is 5.67. The van der Waals surface area contributed by atoms with Gasteiger partial charge in [0.2, 0.25) is 0 Å². The first-order valence-corrected chi connectivity index (χ1v) is 6.65. The molecule has 108 valence electrons. The van der Waals surface area contributed by atoms with Gasteiger partial charge in [-0.1, -0.05) is 38.1 Å². The zero-order chi connectivity index (χ0) is 14.9. The van der Waals surface area contributed by atoms with Crippen molar-refractivity contribution in [1.29, 1.82) is 0 Å². The fourth-order valence-electron chi connectivity index (χ4n) is 1.28. The lowest BCUT2D eigenvalue weighted by Crippen LogP contribution is -2.32. The van der Waals surface area contributed by atoms with Crippen LogP contribution in [0.1, 0.15) is 45.7 Å². The third-order valence-corrected chi connectivity index (χ3v) is 2.09. The summed E-state index contributed by atoms with van der Waals surface area (Å²) in [5, 5.41) is 2.70. The molecule has 0 spiro atoms. The van der Waals surface area contributed by atoms with Gasteiger partial charge in [0, 0.05) is 13.1 Å². The Morgan fingerprint density at radius 1 is 1.16 bits per heavy atom. The number of benzene rings is 1. The number of carbonyl (C=O) groups is 1. The molecule has 0 aliphatic carbocycles. The van der Waals surface area contributed by atoms with Crippen molar-refractivity contribution in [3.8, 4) is 0 Å². The van der Waals surface area contributed by atoms with Crippen LogP contribution in [0.4, 0.5) is 4.79 Å². The Hall–Kier alpha value is -1.55. The summed E-state index contributed by atoms with van der Waals surface area (Å²) in [4.78, 5) is 11.4. The Balaban J connectivity index is 0.00000154. The predicted molar refractivity (Wildman–Crippen MR) is 78.8 cm³/mol. The van der Waals surface area contributed by atoms with Crippen LogP contribution in [0.3, 0.4) is 0 Å². The van der Waals surface area contributed by atoms with Crippen molar-refractivity contribution in [2.24, 2.45) is 5.73 Å². The minimum absolute atomic E-state index is 0.402. The van der Waals surface area contributed by atoms with Crippen LogP contribution in [-0.4, -0.2) is 11.7 Å². The molecule has 1 aromatic rings. The largest absolute Gasteiger partial charge is 0.444 e. The molecule has 0 aliphatic heterocycles. The van der Waals surface area contributed by atoms with Crippen LogP contribution in [0.2, 0.25) is 0 Å². The van der Waals surface area contributed by atoms with Gasteiger partial charge in [-0.2, -0.15) is 0 Å². The first kappa shape index (κ1) is 17.4. The summed E-state index contributed by atoms with van der Waals surface area (Å²) in [6.45, 7) is 10.5. The molecule has 0 radical (unpaired) electrons. The highest BCUT2D eigenvalue weighted by Crippen LogP contribution is 2.07. The number of nitrogens with one attached hydrogen (secondary N) is 1. The fourth-order valence-corrected chi connectivity index (χ4v) is 1.28. The summed E-state index contributed by atoms with van der Waals surface area (Å²) in [5.74, 6) is 0. The number of hydrogen-bond acceptors (Lipinski definition) is 3. The first-order valence-electron chi connectivity index (χ1n) is 6.65. The predicted octanol–water partition coefficient (Wildman–Crippen LogP) is 3.20. The molecule has 0 aromatic heterocycles. The Morgan fingerprint density at radius 3 is 2.05 bits per heavy atom. The van der Waals surface area contributed by atoms with E-state index in [0.717, 1.165) is 11.1 Å². The zero-order valence-corrected chi connectivity index (χ0v) is 12.6. The van der Waals surface area contributed by atoms with Crippen LogP contribution in [0.25, 0.3) is 0 Å². The summed E-state index contributed by atoms with van der Waals surface area (Å²) < 4.78 is 5.13. The van der Waals surface area contributed by atoms with Crippen LogP contribution in [0.15, 0.2) is 24.3 Å². The molecule has 1 rings (SSSR count). The van der Waals surface area contributed by atoms with E-state index in [4.69, 9.17) is 10.5 Å². The molecule has 0 fully saturated rings. The topological polar surface area (TPSA) is 64.3 Å². The van der Waals surface area contributed by atoms with Crippen LogP contribution < -0.4 is 11.1 Å². The molecule has 0 saturated heterocycles. The van der Waals surface area contributed by atoms with Crippen molar-refractivity contribution in [3.05, 3.63) is 35.4 Å². The van der Waals surface area contributed by atoms with E-state index in [0.29, 0.717) is 13.1 Å². The highest BCUT2D eigenvalue weighted by Gasteiger charge is 2.15. The number of hydrogen-bond donors (Lipinski definition) is 2. The number of alkyl carbamates (subject to hydrolysis) is 1. The summed E-state index contributed by atoms with van der Waals surface area (Å²) in [7, 11) is 0. The van der Waals surface area contributed by atoms with Crippen molar-refractivity contribution in [2.75, 3.05) is 0 Å². The number of amides is 1. The second-order valence-corrected chi connectivity index (χ2v) is 4.88. The maximum Gasteiger partial charge on any atom is 0.407 e. The number of ether oxygens (including phenoxy) is 1. The molecule has 1 amide bonds. The second kappa shape index (κ2) is 8.53. The van der Waals surface area contributed by atoms with E-state index in [1.165, 1.54) is 0 Å². The molecule has 0 aliphatic rings. The fraction of sp³-hybridized carbons (Fsp3) is 0.533. The lowest BCUT2D eigenvalue weighted by Gasteiger charge is -2.19. The van der Waals surface area contributed by atoms with Crippen molar-refractivity contribution >= 4 is 6.09 Å². The van der Waals surface area contributed by atoms with Gasteiger partial charge in [-0.15, -0.1) is 0 Å². The summed E-state index contributed by atoms with van der Waals surface area (Å²) in [5.41, 5.74) is 7.13. The van der Waals surface area contributed by atoms with Crippen molar-refractivity contribution in [3.63, 3.8) is 0 Å². The molecular formula is C15H26N2O2. The Labute approximate surface area is 116 Å². The summed E-state index contributed by atoms with van der Waals surface area (Å²) in [6.07, 6.45) is -0.402. The Bertz CT molecular complexity index is 367. The number of carbonyl (C=O) groups excluding carboxylic acids is 1. The van der Waals surface area contributed by atoms with Crippen molar-refractivity contribution in [2.45, 2.75) is 53.3 Å². The van der Waals surface area contributed by atoms with Gasteiger partial charge in [0.1, 0.15) is 5.60 Å². The molecule has 0 atom stereocenters.